The van der Waals surface area contributed by atoms with E-state index in [1.165, 1.54) is 5.56 Å². The van der Waals surface area contributed by atoms with Gasteiger partial charge in [-0.2, -0.15) is 5.10 Å². The molecule has 106 valence electrons. The van der Waals surface area contributed by atoms with Crippen LogP contribution >= 0.6 is 0 Å². The molecule has 0 saturated carbocycles. The molecule has 1 amide bonds. The molecular weight excluding hydrogens is 254 g/mol. The normalized spacial score (nSPS) is 10.6. The van der Waals surface area contributed by atoms with E-state index < -0.39 is 0 Å². The van der Waals surface area contributed by atoms with Crippen LogP contribution in [0, 0.1) is 6.92 Å². The highest BCUT2D eigenvalue weighted by Gasteiger charge is 2.16. The number of H-pyrrole nitrogens is 1. The molecule has 0 aliphatic rings. The van der Waals surface area contributed by atoms with Crippen LogP contribution < -0.4 is 0 Å². The highest BCUT2D eigenvalue weighted by molar-refractivity contribution is 5.93. The van der Waals surface area contributed by atoms with E-state index in [4.69, 9.17) is 5.11 Å². The predicted molar refractivity (Wildman–Crippen MR) is 77.4 cm³/mol. The molecule has 0 unspecified atom stereocenters. The molecule has 5 heteroatoms. The third kappa shape index (κ3) is 3.05. The summed E-state index contributed by atoms with van der Waals surface area (Å²) >= 11 is 0. The Bertz CT molecular complexity index is 575. The number of aromatic nitrogens is 2. The molecule has 0 atom stereocenters. The van der Waals surface area contributed by atoms with Crippen LogP contribution in [-0.4, -0.2) is 45.8 Å². The Balaban J connectivity index is 2.20. The molecule has 0 radical (unpaired) electrons. The van der Waals surface area contributed by atoms with Crippen molar-refractivity contribution in [2.24, 2.45) is 0 Å². The number of hydrogen-bond acceptors (Lipinski definition) is 3. The van der Waals surface area contributed by atoms with Crippen molar-refractivity contribution in [3.63, 3.8) is 0 Å². The number of nitrogens with zero attached hydrogens (tertiary/aromatic N) is 2. The van der Waals surface area contributed by atoms with E-state index in [-0.39, 0.29) is 12.5 Å². The van der Waals surface area contributed by atoms with E-state index >= 15 is 0 Å². The minimum absolute atomic E-state index is 0.0431. The van der Waals surface area contributed by atoms with Gasteiger partial charge in [-0.15, -0.1) is 0 Å². The number of aliphatic hydroxyl groups is 1. The highest BCUT2D eigenvalue weighted by atomic mass is 16.3. The topological polar surface area (TPSA) is 69.2 Å². The fourth-order valence-electron chi connectivity index (χ4n) is 2.00. The van der Waals surface area contributed by atoms with Crippen LogP contribution in [0.2, 0.25) is 0 Å². The number of aliphatic hydroxyl groups excluding tert-OH is 1. The summed E-state index contributed by atoms with van der Waals surface area (Å²) in [6, 6.07) is 9.72. The number of likely N-dealkylation sites (N-methyl/N-ethyl adjacent to an activating group) is 1. The molecule has 0 bridgehead atoms. The average Bonchev–Trinajstić information content (AvgIpc) is 2.94. The van der Waals surface area contributed by atoms with Gasteiger partial charge in [0.25, 0.3) is 5.91 Å². The molecule has 2 rings (SSSR count). The Kier molecular flexibility index (Phi) is 4.53. The van der Waals surface area contributed by atoms with Gasteiger partial charge in [-0.1, -0.05) is 29.8 Å². The van der Waals surface area contributed by atoms with Crippen LogP contribution in [0.25, 0.3) is 11.3 Å². The van der Waals surface area contributed by atoms with Gasteiger partial charge in [-0.3, -0.25) is 9.89 Å². The Labute approximate surface area is 118 Å². The molecule has 0 spiro atoms. The maximum Gasteiger partial charge on any atom is 0.271 e. The minimum atomic E-state index is -0.146. The average molecular weight is 273 g/mol. The van der Waals surface area contributed by atoms with E-state index in [2.05, 4.69) is 10.2 Å². The number of carbonyl (C=O) groups is 1. The van der Waals surface area contributed by atoms with E-state index in [9.17, 15) is 4.79 Å². The summed E-state index contributed by atoms with van der Waals surface area (Å²) in [6.07, 6.45) is 0. The summed E-state index contributed by atoms with van der Waals surface area (Å²) in [6.45, 7) is 4.74. The zero-order chi connectivity index (χ0) is 14.5. The highest BCUT2D eigenvalue weighted by Crippen LogP contribution is 2.18. The summed E-state index contributed by atoms with van der Waals surface area (Å²) in [5.41, 5.74) is 3.33. The van der Waals surface area contributed by atoms with Crippen LogP contribution in [-0.2, 0) is 0 Å². The van der Waals surface area contributed by atoms with Crippen LogP contribution in [0.15, 0.2) is 30.3 Å². The summed E-state index contributed by atoms with van der Waals surface area (Å²) in [5, 5.41) is 15.9. The number of rotatable bonds is 5. The molecule has 1 aromatic carbocycles. The quantitative estimate of drug-likeness (QED) is 0.873. The minimum Gasteiger partial charge on any atom is -0.395 e. The molecule has 0 saturated heterocycles. The van der Waals surface area contributed by atoms with Crippen LogP contribution in [0.3, 0.4) is 0 Å². The van der Waals surface area contributed by atoms with E-state index in [0.717, 1.165) is 11.3 Å². The fraction of sp³-hybridized carbons (Fsp3) is 0.333. The molecule has 2 N–H and O–H groups in total. The lowest BCUT2D eigenvalue weighted by atomic mass is 10.1. The first-order valence-electron chi connectivity index (χ1n) is 6.68. The summed E-state index contributed by atoms with van der Waals surface area (Å²) < 4.78 is 0. The summed E-state index contributed by atoms with van der Waals surface area (Å²) in [7, 11) is 0. The second kappa shape index (κ2) is 6.34. The smallest absolute Gasteiger partial charge is 0.271 e. The number of benzene rings is 1. The van der Waals surface area contributed by atoms with Crippen LogP contribution in [0.4, 0.5) is 0 Å². The van der Waals surface area contributed by atoms with Crippen LogP contribution in [0.5, 0.6) is 0 Å². The largest absolute Gasteiger partial charge is 0.395 e. The van der Waals surface area contributed by atoms with Gasteiger partial charge in [-0.05, 0) is 19.9 Å². The Morgan fingerprint density at radius 3 is 2.65 bits per heavy atom. The zero-order valence-corrected chi connectivity index (χ0v) is 11.8. The zero-order valence-electron chi connectivity index (χ0n) is 11.8. The summed E-state index contributed by atoms with van der Waals surface area (Å²) in [4.78, 5) is 13.8. The second-order valence-electron chi connectivity index (χ2n) is 4.64. The van der Waals surface area contributed by atoms with Gasteiger partial charge in [0.05, 0.1) is 12.3 Å². The maximum atomic E-state index is 12.2. The number of hydrogen-bond donors (Lipinski definition) is 2. The number of aromatic amines is 1. The SMILES string of the molecule is CCN(CCO)C(=O)c1cc(-c2ccc(C)cc2)n[nH]1. The monoisotopic (exact) mass is 273 g/mol. The Hall–Kier alpha value is -2.14. The lowest BCUT2D eigenvalue weighted by Gasteiger charge is -2.18. The van der Waals surface area contributed by atoms with Gasteiger partial charge in [0.15, 0.2) is 0 Å². The van der Waals surface area contributed by atoms with E-state index in [0.29, 0.717) is 18.8 Å². The molecule has 1 heterocycles. The summed E-state index contributed by atoms with van der Waals surface area (Å²) in [5.74, 6) is -0.146. The van der Waals surface area contributed by atoms with E-state index in [1.54, 1.807) is 11.0 Å². The Morgan fingerprint density at radius 2 is 2.05 bits per heavy atom. The van der Waals surface area contributed by atoms with Crippen molar-refractivity contribution in [3.05, 3.63) is 41.6 Å². The van der Waals surface area contributed by atoms with Gasteiger partial charge in [-0.25, -0.2) is 0 Å². The standard InChI is InChI=1S/C15H19N3O2/c1-3-18(8-9-19)15(20)14-10-13(16-17-14)12-6-4-11(2)5-7-12/h4-7,10,19H,3,8-9H2,1-2H3,(H,16,17). The number of carbonyl (C=O) groups excluding carboxylic acids is 1. The molecule has 5 nitrogen and oxygen atoms in total. The van der Waals surface area contributed by atoms with Gasteiger partial charge in [0.1, 0.15) is 5.69 Å². The fourth-order valence-corrected chi connectivity index (χ4v) is 2.00. The predicted octanol–water partition coefficient (Wildman–Crippen LogP) is 1.84. The molecule has 0 aliphatic carbocycles. The molecule has 0 aliphatic heterocycles. The van der Waals surface area contributed by atoms with Crippen molar-refractivity contribution in [2.75, 3.05) is 19.7 Å². The second-order valence-corrected chi connectivity index (χ2v) is 4.64. The van der Waals surface area contributed by atoms with Crippen molar-refractivity contribution < 1.29 is 9.90 Å². The molecule has 0 fully saturated rings. The first-order valence-corrected chi connectivity index (χ1v) is 6.68. The number of nitrogens with one attached hydrogen (secondary N) is 1. The molecular formula is C15H19N3O2. The van der Waals surface area contributed by atoms with Crippen molar-refractivity contribution in [2.45, 2.75) is 13.8 Å². The molecule has 20 heavy (non-hydrogen) atoms. The number of amides is 1. The lowest BCUT2D eigenvalue weighted by Crippen LogP contribution is -2.33. The van der Waals surface area contributed by atoms with E-state index in [1.807, 2.05) is 38.1 Å². The van der Waals surface area contributed by atoms with Gasteiger partial charge in [0, 0.05) is 18.7 Å². The van der Waals surface area contributed by atoms with Crippen molar-refractivity contribution in [1.29, 1.82) is 0 Å². The van der Waals surface area contributed by atoms with Crippen LogP contribution in [0.1, 0.15) is 23.0 Å². The Morgan fingerprint density at radius 1 is 1.35 bits per heavy atom. The van der Waals surface area contributed by atoms with Crippen molar-refractivity contribution in [1.82, 2.24) is 15.1 Å². The maximum absolute atomic E-state index is 12.2. The molecule has 2 aromatic rings. The first-order chi connectivity index (χ1) is 9.65. The number of aryl methyl sites for hydroxylation is 1. The van der Waals surface area contributed by atoms with Crippen molar-refractivity contribution in [3.8, 4) is 11.3 Å². The van der Waals surface area contributed by atoms with Gasteiger partial charge >= 0.3 is 0 Å². The van der Waals surface area contributed by atoms with Gasteiger partial charge < -0.3 is 10.0 Å². The van der Waals surface area contributed by atoms with Gasteiger partial charge in [0.2, 0.25) is 0 Å². The third-order valence-corrected chi connectivity index (χ3v) is 3.19. The third-order valence-electron chi connectivity index (χ3n) is 3.19. The van der Waals surface area contributed by atoms with Crippen molar-refractivity contribution >= 4 is 5.91 Å². The first kappa shape index (κ1) is 14.3. The molecule has 1 aromatic heterocycles. The lowest BCUT2D eigenvalue weighted by molar-refractivity contribution is 0.0726.